The van der Waals surface area contributed by atoms with Crippen LogP contribution in [-0.4, -0.2) is 57.5 Å². The lowest BCUT2D eigenvalue weighted by atomic mass is 9.93. The minimum Gasteiger partial charge on any atom is -0.388 e. The van der Waals surface area contributed by atoms with Crippen molar-refractivity contribution in [2.45, 2.75) is 58.5 Å². The number of rotatable bonds is 12. The van der Waals surface area contributed by atoms with Crippen LogP contribution in [0.5, 0.6) is 0 Å². The first kappa shape index (κ1) is 22.1. The molecule has 0 aromatic rings. The molecule has 0 saturated heterocycles. The molecular formula is C15H34N4O3S. The average molecular weight is 351 g/mol. The SMILES string of the molecule is CCCC(O)(CCC)CN=C(NCC)NCCCNS(C)(=O)=O. The maximum atomic E-state index is 11.0. The van der Waals surface area contributed by atoms with E-state index < -0.39 is 15.6 Å². The fourth-order valence-electron chi connectivity index (χ4n) is 2.33. The first-order chi connectivity index (χ1) is 10.8. The Labute approximate surface area is 141 Å². The van der Waals surface area contributed by atoms with Crippen LogP contribution in [0.3, 0.4) is 0 Å². The van der Waals surface area contributed by atoms with Gasteiger partial charge < -0.3 is 15.7 Å². The summed E-state index contributed by atoms with van der Waals surface area (Å²) in [6.07, 6.45) is 5.13. The minimum atomic E-state index is -3.13. The Morgan fingerprint density at radius 1 is 1.09 bits per heavy atom. The smallest absolute Gasteiger partial charge is 0.208 e. The number of hydrogen-bond acceptors (Lipinski definition) is 4. The molecule has 0 aliphatic heterocycles. The molecule has 0 spiro atoms. The molecule has 0 rings (SSSR count). The Balaban J connectivity index is 4.41. The topological polar surface area (TPSA) is 103 Å². The molecule has 0 fully saturated rings. The summed E-state index contributed by atoms with van der Waals surface area (Å²) in [5, 5.41) is 16.9. The highest BCUT2D eigenvalue weighted by atomic mass is 32.2. The van der Waals surface area contributed by atoms with E-state index in [4.69, 9.17) is 0 Å². The van der Waals surface area contributed by atoms with E-state index in [-0.39, 0.29) is 0 Å². The van der Waals surface area contributed by atoms with Gasteiger partial charge in [0.25, 0.3) is 0 Å². The van der Waals surface area contributed by atoms with Crippen LogP contribution in [0.2, 0.25) is 0 Å². The molecule has 0 bridgehead atoms. The van der Waals surface area contributed by atoms with Gasteiger partial charge in [-0.25, -0.2) is 13.1 Å². The molecule has 7 nitrogen and oxygen atoms in total. The van der Waals surface area contributed by atoms with Crippen molar-refractivity contribution in [2.24, 2.45) is 4.99 Å². The highest BCUT2D eigenvalue weighted by Crippen LogP contribution is 2.19. The highest BCUT2D eigenvalue weighted by molar-refractivity contribution is 7.88. The zero-order valence-corrected chi connectivity index (χ0v) is 15.8. The summed E-state index contributed by atoms with van der Waals surface area (Å²) in [6, 6.07) is 0. The van der Waals surface area contributed by atoms with Gasteiger partial charge in [-0.3, -0.25) is 4.99 Å². The number of aliphatic hydroxyl groups is 1. The van der Waals surface area contributed by atoms with Crippen molar-refractivity contribution >= 4 is 16.0 Å². The predicted molar refractivity (Wildman–Crippen MR) is 96.2 cm³/mol. The third-order valence-electron chi connectivity index (χ3n) is 3.32. The molecule has 4 N–H and O–H groups in total. The van der Waals surface area contributed by atoms with Gasteiger partial charge in [0.05, 0.1) is 18.4 Å². The van der Waals surface area contributed by atoms with Crippen LogP contribution in [0.25, 0.3) is 0 Å². The molecule has 0 saturated carbocycles. The molecule has 0 atom stereocenters. The Morgan fingerprint density at radius 3 is 2.17 bits per heavy atom. The Bertz CT molecular complexity index is 432. The largest absolute Gasteiger partial charge is 0.388 e. The lowest BCUT2D eigenvalue weighted by Crippen LogP contribution is -2.41. The Hall–Kier alpha value is -0.860. The van der Waals surface area contributed by atoms with Crippen molar-refractivity contribution in [3.8, 4) is 0 Å². The summed E-state index contributed by atoms with van der Waals surface area (Å²) in [7, 11) is -3.13. The van der Waals surface area contributed by atoms with Crippen molar-refractivity contribution in [3.05, 3.63) is 0 Å². The molecule has 8 heteroatoms. The van der Waals surface area contributed by atoms with Gasteiger partial charge >= 0.3 is 0 Å². The number of guanidine groups is 1. The number of hydrogen-bond donors (Lipinski definition) is 4. The molecular weight excluding hydrogens is 316 g/mol. The molecule has 0 aromatic carbocycles. The van der Waals surface area contributed by atoms with Gasteiger partial charge in [0.2, 0.25) is 10.0 Å². The van der Waals surface area contributed by atoms with Crippen molar-refractivity contribution in [1.29, 1.82) is 0 Å². The van der Waals surface area contributed by atoms with Gasteiger partial charge in [-0.2, -0.15) is 0 Å². The second-order valence-corrected chi connectivity index (χ2v) is 7.70. The summed E-state index contributed by atoms with van der Waals surface area (Å²) in [5.74, 6) is 0.650. The van der Waals surface area contributed by atoms with Gasteiger partial charge in [0, 0.05) is 19.6 Å². The van der Waals surface area contributed by atoms with E-state index in [1.165, 1.54) is 0 Å². The van der Waals surface area contributed by atoms with Crippen LogP contribution >= 0.6 is 0 Å². The van der Waals surface area contributed by atoms with E-state index in [9.17, 15) is 13.5 Å². The third kappa shape index (κ3) is 12.3. The molecule has 0 aliphatic rings. The number of nitrogens with zero attached hydrogens (tertiary/aromatic N) is 1. The fourth-order valence-corrected chi connectivity index (χ4v) is 2.85. The average Bonchev–Trinajstić information content (AvgIpc) is 2.43. The molecule has 0 aliphatic carbocycles. The maximum Gasteiger partial charge on any atom is 0.208 e. The number of nitrogens with one attached hydrogen (secondary N) is 3. The Morgan fingerprint density at radius 2 is 1.70 bits per heavy atom. The first-order valence-corrected chi connectivity index (χ1v) is 10.3. The summed E-state index contributed by atoms with van der Waals surface area (Å²) in [5.41, 5.74) is -0.746. The van der Waals surface area contributed by atoms with Crippen LogP contribution in [0.1, 0.15) is 52.9 Å². The summed E-state index contributed by atoms with van der Waals surface area (Å²) in [6.45, 7) is 8.19. The monoisotopic (exact) mass is 350 g/mol. The summed E-state index contributed by atoms with van der Waals surface area (Å²) in [4.78, 5) is 4.47. The minimum absolute atomic E-state index is 0.367. The zero-order valence-electron chi connectivity index (χ0n) is 15.0. The van der Waals surface area contributed by atoms with Crippen molar-refractivity contribution < 1.29 is 13.5 Å². The number of sulfonamides is 1. The van der Waals surface area contributed by atoms with Crippen molar-refractivity contribution in [1.82, 2.24) is 15.4 Å². The van der Waals surface area contributed by atoms with Gasteiger partial charge in [-0.15, -0.1) is 0 Å². The first-order valence-electron chi connectivity index (χ1n) is 8.45. The van der Waals surface area contributed by atoms with Crippen LogP contribution in [0, 0.1) is 0 Å². The van der Waals surface area contributed by atoms with Gasteiger partial charge in [0.1, 0.15) is 0 Å². The molecule has 138 valence electrons. The number of aliphatic imine (C=N–C) groups is 1. The quantitative estimate of drug-likeness (QED) is 0.237. The normalized spacial score (nSPS) is 13.2. The maximum absolute atomic E-state index is 11.0. The van der Waals surface area contributed by atoms with E-state index in [0.717, 1.165) is 38.5 Å². The predicted octanol–water partition coefficient (Wildman–Crippen LogP) is 0.812. The molecule has 0 heterocycles. The van der Waals surface area contributed by atoms with Crippen LogP contribution in [0.15, 0.2) is 4.99 Å². The Kier molecular flexibility index (Phi) is 11.2. The third-order valence-corrected chi connectivity index (χ3v) is 4.05. The van der Waals surface area contributed by atoms with Gasteiger partial charge in [-0.05, 0) is 26.2 Å². The van der Waals surface area contributed by atoms with E-state index in [0.29, 0.717) is 32.0 Å². The lowest BCUT2D eigenvalue weighted by molar-refractivity contribution is 0.0306. The molecule has 0 unspecified atom stereocenters. The van der Waals surface area contributed by atoms with E-state index in [2.05, 4.69) is 34.2 Å². The fraction of sp³-hybridized carbons (Fsp3) is 0.933. The lowest BCUT2D eigenvalue weighted by Gasteiger charge is -2.26. The molecule has 0 amide bonds. The highest BCUT2D eigenvalue weighted by Gasteiger charge is 2.24. The van der Waals surface area contributed by atoms with E-state index >= 15 is 0 Å². The van der Waals surface area contributed by atoms with Crippen LogP contribution < -0.4 is 15.4 Å². The summed E-state index contributed by atoms with van der Waals surface area (Å²) >= 11 is 0. The van der Waals surface area contributed by atoms with Crippen molar-refractivity contribution in [3.63, 3.8) is 0 Å². The van der Waals surface area contributed by atoms with Crippen molar-refractivity contribution in [2.75, 3.05) is 32.4 Å². The van der Waals surface area contributed by atoms with E-state index in [1.807, 2.05) is 6.92 Å². The molecule has 23 heavy (non-hydrogen) atoms. The van der Waals surface area contributed by atoms with Crippen LogP contribution in [-0.2, 0) is 10.0 Å². The standard InChI is InChI=1S/C15H34N4O3S/c1-5-9-15(20,10-6-2)13-18-14(16-7-3)17-11-8-12-19-23(4,21)22/h19-20H,5-13H2,1-4H3,(H2,16,17,18). The van der Waals surface area contributed by atoms with Crippen LogP contribution in [0.4, 0.5) is 0 Å². The van der Waals surface area contributed by atoms with E-state index in [1.54, 1.807) is 0 Å². The molecule has 0 aromatic heterocycles. The zero-order chi connectivity index (χ0) is 17.8. The summed E-state index contributed by atoms with van der Waals surface area (Å²) < 4.78 is 24.4. The van der Waals surface area contributed by atoms with Gasteiger partial charge in [-0.1, -0.05) is 26.7 Å². The van der Waals surface area contributed by atoms with Gasteiger partial charge in [0.15, 0.2) is 5.96 Å². The molecule has 0 radical (unpaired) electrons. The second-order valence-electron chi connectivity index (χ2n) is 5.87. The second kappa shape index (κ2) is 11.6.